The van der Waals surface area contributed by atoms with Crippen LogP contribution in [0.3, 0.4) is 0 Å². The molecular weight excluding hydrogens is 241 g/mol. The van der Waals surface area contributed by atoms with E-state index in [1.165, 1.54) is 5.56 Å². The van der Waals surface area contributed by atoms with E-state index in [4.69, 9.17) is 14.5 Å². The van der Waals surface area contributed by atoms with Crippen molar-refractivity contribution in [2.24, 2.45) is 0 Å². The highest BCUT2D eigenvalue weighted by atomic mass is 16.4. The Hall–Kier alpha value is -1.56. The second-order valence-corrected chi connectivity index (χ2v) is 4.79. The monoisotopic (exact) mass is 259 g/mol. The van der Waals surface area contributed by atoms with Crippen molar-refractivity contribution in [2.75, 3.05) is 7.05 Å². The number of rotatable bonds is 5. The summed E-state index contributed by atoms with van der Waals surface area (Å²) >= 11 is 0. The zero-order valence-corrected chi connectivity index (χ0v) is 11.2. The number of nitrogens with zero attached hydrogens (tertiary/aromatic N) is 1. The molecule has 0 radical (unpaired) electrons. The average molecular weight is 259 g/mol. The van der Waals surface area contributed by atoms with E-state index in [1.807, 2.05) is 32.2 Å². The summed E-state index contributed by atoms with van der Waals surface area (Å²) in [5, 5.41) is 18.1. The molecule has 5 heteroatoms. The normalized spacial score (nSPS) is 11.0. The Morgan fingerprint density at radius 1 is 1.11 bits per heavy atom. The van der Waals surface area contributed by atoms with Crippen molar-refractivity contribution >= 4 is 12.6 Å². The zero-order valence-electron chi connectivity index (χ0n) is 11.2. The van der Waals surface area contributed by atoms with E-state index in [2.05, 4.69) is 4.90 Å². The van der Waals surface area contributed by atoms with Gasteiger partial charge in [0, 0.05) is 18.7 Å². The first-order chi connectivity index (χ1) is 9.06. The Kier molecular flexibility index (Phi) is 4.42. The number of hydrogen-bond donors (Lipinski definition) is 2. The average Bonchev–Trinajstić information content (AvgIpc) is 2.75. The Bertz CT molecular complexity index is 522. The van der Waals surface area contributed by atoms with Crippen molar-refractivity contribution in [1.82, 2.24) is 4.90 Å². The second kappa shape index (κ2) is 6.06. The smallest absolute Gasteiger partial charge is 0.469 e. The molecule has 2 aromatic rings. The molecule has 0 atom stereocenters. The third-order valence-electron chi connectivity index (χ3n) is 3.14. The number of furan rings is 1. The fourth-order valence-electron chi connectivity index (χ4n) is 2.03. The molecule has 19 heavy (non-hydrogen) atoms. The molecule has 0 amide bonds. The zero-order chi connectivity index (χ0) is 13.8. The van der Waals surface area contributed by atoms with Crippen LogP contribution in [0.5, 0.6) is 0 Å². The highest BCUT2D eigenvalue weighted by molar-refractivity contribution is 6.58. The molecule has 1 aromatic carbocycles. The van der Waals surface area contributed by atoms with Gasteiger partial charge in [0.25, 0.3) is 0 Å². The van der Waals surface area contributed by atoms with E-state index in [1.54, 1.807) is 18.4 Å². The molecule has 0 aliphatic rings. The predicted molar refractivity (Wildman–Crippen MR) is 74.9 cm³/mol. The Labute approximate surface area is 113 Å². The Balaban J connectivity index is 1.95. The summed E-state index contributed by atoms with van der Waals surface area (Å²) in [5.74, 6) is 0.950. The molecular formula is C14H18BNO3. The van der Waals surface area contributed by atoms with Crippen molar-refractivity contribution in [2.45, 2.75) is 20.0 Å². The lowest BCUT2D eigenvalue weighted by Crippen LogP contribution is -2.29. The molecule has 0 saturated heterocycles. The van der Waals surface area contributed by atoms with Crippen LogP contribution in [0.4, 0.5) is 0 Å². The Morgan fingerprint density at radius 3 is 2.32 bits per heavy atom. The standard InChI is InChI=1S/C14H18BNO3/c1-11-13(7-8-19-11)10-16(2)9-12-3-5-14(6-4-12)15(17)18/h3-8,17-18H,9-10H2,1-2H3. The largest absolute Gasteiger partial charge is 0.488 e. The molecule has 0 fully saturated rings. The van der Waals surface area contributed by atoms with Crippen LogP contribution in [0.25, 0.3) is 0 Å². The molecule has 0 aliphatic heterocycles. The van der Waals surface area contributed by atoms with Gasteiger partial charge in [-0.15, -0.1) is 0 Å². The highest BCUT2D eigenvalue weighted by Crippen LogP contribution is 2.12. The predicted octanol–water partition coefficient (Wildman–Crippen LogP) is 0.900. The van der Waals surface area contributed by atoms with Crippen LogP contribution >= 0.6 is 0 Å². The van der Waals surface area contributed by atoms with Gasteiger partial charge in [0.1, 0.15) is 5.76 Å². The lowest BCUT2D eigenvalue weighted by molar-refractivity contribution is 0.316. The van der Waals surface area contributed by atoms with Crippen molar-refractivity contribution < 1.29 is 14.5 Å². The third kappa shape index (κ3) is 3.70. The van der Waals surface area contributed by atoms with Gasteiger partial charge in [-0.3, -0.25) is 4.90 Å². The summed E-state index contributed by atoms with van der Waals surface area (Å²) in [6, 6.07) is 9.27. The van der Waals surface area contributed by atoms with E-state index < -0.39 is 7.12 Å². The van der Waals surface area contributed by atoms with Gasteiger partial charge in [0.2, 0.25) is 0 Å². The minimum atomic E-state index is -1.40. The van der Waals surface area contributed by atoms with Crippen LogP contribution in [0.2, 0.25) is 0 Å². The van der Waals surface area contributed by atoms with Gasteiger partial charge in [0.15, 0.2) is 0 Å². The van der Waals surface area contributed by atoms with Crippen LogP contribution in [0.15, 0.2) is 41.0 Å². The lowest BCUT2D eigenvalue weighted by atomic mass is 9.80. The van der Waals surface area contributed by atoms with Gasteiger partial charge >= 0.3 is 7.12 Å². The minimum Gasteiger partial charge on any atom is -0.469 e. The molecule has 0 bridgehead atoms. The van der Waals surface area contributed by atoms with Crippen LogP contribution in [0, 0.1) is 6.92 Å². The molecule has 0 spiro atoms. The summed E-state index contributed by atoms with van der Waals surface area (Å²) < 4.78 is 5.28. The summed E-state index contributed by atoms with van der Waals surface area (Å²) in [6.07, 6.45) is 1.70. The molecule has 2 rings (SSSR count). The maximum Gasteiger partial charge on any atom is 0.488 e. The summed E-state index contributed by atoms with van der Waals surface area (Å²) in [6.45, 7) is 3.58. The molecule has 0 aliphatic carbocycles. The number of benzene rings is 1. The molecule has 1 aromatic heterocycles. The first-order valence-corrected chi connectivity index (χ1v) is 6.23. The fraction of sp³-hybridized carbons (Fsp3) is 0.286. The first kappa shape index (κ1) is 13.9. The van der Waals surface area contributed by atoms with E-state index in [-0.39, 0.29) is 0 Å². The molecule has 2 N–H and O–H groups in total. The van der Waals surface area contributed by atoms with E-state index in [0.29, 0.717) is 5.46 Å². The van der Waals surface area contributed by atoms with Crippen LogP contribution in [0.1, 0.15) is 16.9 Å². The summed E-state index contributed by atoms with van der Waals surface area (Å²) in [4.78, 5) is 2.18. The maximum absolute atomic E-state index is 9.03. The van der Waals surface area contributed by atoms with E-state index >= 15 is 0 Å². The van der Waals surface area contributed by atoms with Crippen LogP contribution < -0.4 is 5.46 Å². The molecule has 0 saturated carbocycles. The fourth-order valence-corrected chi connectivity index (χ4v) is 2.03. The maximum atomic E-state index is 9.03. The van der Waals surface area contributed by atoms with Crippen molar-refractivity contribution in [1.29, 1.82) is 0 Å². The summed E-state index contributed by atoms with van der Waals surface area (Å²) in [5.41, 5.74) is 2.83. The van der Waals surface area contributed by atoms with Gasteiger partial charge in [0.05, 0.1) is 6.26 Å². The van der Waals surface area contributed by atoms with Crippen molar-refractivity contribution in [3.05, 3.63) is 53.5 Å². The Morgan fingerprint density at radius 2 is 1.79 bits per heavy atom. The molecule has 4 nitrogen and oxygen atoms in total. The SMILES string of the molecule is Cc1occc1CN(C)Cc1ccc(B(O)O)cc1. The lowest BCUT2D eigenvalue weighted by Gasteiger charge is -2.16. The highest BCUT2D eigenvalue weighted by Gasteiger charge is 2.10. The van der Waals surface area contributed by atoms with E-state index in [0.717, 1.165) is 24.4 Å². The topological polar surface area (TPSA) is 56.8 Å². The van der Waals surface area contributed by atoms with E-state index in [9.17, 15) is 0 Å². The van der Waals surface area contributed by atoms with Crippen molar-refractivity contribution in [3.8, 4) is 0 Å². The molecule has 1 heterocycles. The third-order valence-corrected chi connectivity index (χ3v) is 3.14. The first-order valence-electron chi connectivity index (χ1n) is 6.23. The number of aryl methyl sites for hydroxylation is 1. The second-order valence-electron chi connectivity index (χ2n) is 4.79. The minimum absolute atomic E-state index is 0.511. The van der Waals surface area contributed by atoms with Gasteiger partial charge in [-0.25, -0.2) is 0 Å². The van der Waals surface area contributed by atoms with Crippen LogP contribution in [-0.2, 0) is 13.1 Å². The summed E-state index contributed by atoms with van der Waals surface area (Å²) in [7, 11) is 0.640. The molecule has 0 unspecified atom stereocenters. The van der Waals surface area contributed by atoms with Gasteiger partial charge in [-0.1, -0.05) is 24.3 Å². The van der Waals surface area contributed by atoms with Gasteiger partial charge < -0.3 is 14.5 Å². The van der Waals surface area contributed by atoms with Crippen LogP contribution in [-0.4, -0.2) is 29.1 Å². The number of hydrogen-bond acceptors (Lipinski definition) is 4. The van der Waals surface area contributed by atoms with Gasteiger partial charge in [-0.05, 0) is 31.1 Å². The van der Waals surface area contributed by atoms with Gasteiger partial charge in [-0.2, -0.15) is 0 Å². The molecule has 100 valence electrons. The quantitative estimate of drug-likeness (QED) is 0.783. The van der Waals surface area contributed by atoms with Crippen molar-refractivity contribution in [3.63, 3.8) is 0 Å².